The molecule has 112 valence electrons. The van der Waals surface area contributed by atoms with Crippen LogP contribution in [0.2, 0.25) is 10.0 Å². The van der Waals surface area contributed by atoms with Gasteiger partial charge in [0.25, 0.3) is 0 Å². The molecule has 2 aromatic rings. The molecular weight excluding hydrogens is 397 g/mol. The van der Waals surface area contributed by atoms with E-state index in [1.54, 1.807) is 0 Å². The summed E-state index contributed by atoms with van der Waals surface area (Å²) >= 11 is 15.2. The Hall–Kier alpha value is -0.590. The lowest BCUT2D eigenvalue weighted by molar-refractivity contribution is 0.581. The summed E-state index contributed by atoms with van der Waals surface area (Å²) in [7, 11) is -3.78. The fraction of sp³-hybridized carbons (Fsp3) is 0.143. The average Bonchev–Trinajstić information content (AvgIpc) is 2.36. The summed E-state index contributed by atoms with van der Waals surface area (Å²) in [6.07, 6.45) is 0. The highest BCUT2D eigenvalue weighted by Gasteiger charge is 2.22. The SMILES string of the molecule is Cc1ccc(CNS(=O)(=O)c2c(Cl)cc(Br)cc2Cl)cc1. The van der Waals surface area contributed by atoms with Crippen LogP contribution in [0.1, 0.15) is 11.1 Å². The quantitative estimate of drug-likeness (QED) is 0.806. The van der Waals surface area contributed by atoms with Crippen molar-refractivity contribution in [2.75, 3.05) is 0 Å². The minimum Gasteiger partial charge on any atom is -0.207 e. The van der Waals surface area contributed by atoms with E-state index in [1.165, 1.54) is 12.1 Å². The number of rotatable bonds is 4. The zero-order valence-electron chi connectivity index (χ0n) is 11.0. The molecule has 0 fully saturated rings. The van der Waals surface area contributed by atoms with E-state index in [0.717, 1.165) is 11.1 Å². The lowest BCUT2D eigenvalue weighted by Gasteiger charge is -2.11. The van der Waals surface area contributed by atoms with Gasteiger partial charge in [0, 0.05) is 11.0 Å². The van der Waals surface area contributed by atoms with E-state index in [-0.39, 0.29) is 21.5 Å². The third-order valence-corrected chi connectivity index (χ3v) is 5.60. The van der Waals surface area contributed by atoms with E-state index < -0.39 is 10.0 Å². The minimum atomic E-state index is -3.78. The molecule has 2 aromatic carbocycles. The summed E-state index contributed by atoms with van der Waals surface area (Å²) in [6.45, 7) is 2.14. The molecule has 7 heteroatoms. The summed E-state index contributed by atoms with van der Waals surface area (Å²) in [6, 6.07) is 10.6. The van der Waals surface area contributed by atoms with Crippen LogP contribution in [0.5, 0.6) is 0 Å². The van der Waals surface area contributed by atoms with Crippen molar-refractivity contribution >= 4 is 49.2 Å². The van der Waals surface area contributed by atoms with Crippen molar-refractivity contribution in [3.05, 3.63) is 62.0 Å². The van der Waals surface area contributed by atoms with E-state index in [2.05, 4.69) is 20.7 Å². The van der Waals surface area contributed by atoms with Gasteiger partial charge in [0.15, 0.2) is 0 Å². The molecule has 0 saturated heterocycles. The van der Waals surface area contributed by atoms with Gasteiger partial charge < -0.3 is 0 Å². The van der Waals surface area contributed by atoms with Gasteiger partial charge >= 0.3 is 0 Å². The molecule has 0 atom stereocenters. The second-order valence-electron chi connectivity index (χ2n) is 4.51. The normalized spacial score (nSPS) is 11.6. The Morgan fingerprint density at radius 1 is 1.10 bits per heavy atom. The van der Waals surface area contributed by atoms with E-state index in [9.17, 15) is 8.42 Å². The Balaban J connectivity index is 2.25. The van der Waals surface area contributed by atoms with Crippen molar-refractivity contribution < 1.29 is 8.42 Å². The Morgan fingerprint density at radius 3 is 2.14 bits per heavy atom. The van der Waals surface area contributed by atoms with Crippen LogP contribution in [0, 0.1) is 6.92 Å². The number of aryl methyl sites for hydroxylation is 1. The van der Waals surface area contributed by atoms with E-state index in [0.29, 0.717) is 4.47 Å². The van der Waals surface area contributed by atoms with Crippen LogP contribution in [0.3, 0.4) is 0 Å². The van der Waals surface area contributed by atoms with Crippen LogP contribution in [-0.2, 0) is 16.6 Å². The van der Waals surface area contributed by atoms with Crippen molar-refractivity contribution in [2.45, 2.75) is 18.4 Å². The second-order valence-corrected chi connectivity index (χ2v) is 7.94. The van der Waals surface area contributed by atoms with Crippen LogP contribution in [-0.4, -0.2) is 8.42 Å². The van der Waals surface area contributed by atoms with Crippen molar-refractivity contribution in [1.29, 1.82) is 0 Å². The van der Waals surface area contributed by atoms with E-state index >= 15 is 0 Å². The molecule has 0 spiro atoms. The highest BCUT2D eigenvalue weighted by atomic mass is 79.9. The van der Waals surface area contributed by atoms with E-state index in [1.807, 2.05) is 31.2 Å². The highest BCUT2D eigenvalue weighted by molar-refractivity contribution is 9.10. The van der Waals surface area contributed by atoms with Gasteiger partial charge in [-0.1, -0.05) is 69.0 Å². The maximum atomic E-state index is 12.3. The largest absolute Gasteiger partial charge is 0.243 e. The van der Waals surface area contributed by atoms with Gasteiger partial charge in [-0.3, -0.25) is 0 Å². The van der Waals surface area contributed by atoms with Crippen LogP contribution in [0.4, 0.5) is 0 Å². The molecule has 0 radical (unpaired) electrons. The van der Waals surface area contributed by atoms with Gasteiger partial charge in [-0.2, -0.15) is 0 Å². The Kier molecular flexibility index (Phi) is 5.33. The first-order valence-electron chi connectivity index (χ1n) is 5.99. The average molecular weight is 409 g/mol. The van der Waals surface area contributed by atoms with Gasteiger partial charge in [-0.15, -0.1) is 0 Å². The van der Waals surface area contributed by atoms with Crippen molar-refractivity contribution in [1.82, 2.24) is 4.72 Å². The smallest absolute Gasteiger partial charge is 0.207 e. The summed E-state index contributed by atoms with van der Waals surface area (Å²) in [5, 5.41) is 0.150. The molecule has 3 nitrogen and oxygen atoms in total. The Labute approximate surface area is 142 Å². The van der Waals surface area contributed by atoms with Gasteiger partial charge in [-0.25, -0.2) is 13.1 Å². The Morgan fingerprint density at radius 2 is 1.62 bits per heavy atom. The number of sulfonamides is 1. The first-order chi connectivity index (χ1) is 9.79. The van der Waals surface area contributed by atoms with Gasteiger partial charge in [-0.05, 0) is 24.6 Å². The van der Waals surface area contributed by atoms with Crippen LogP contribution in [0.25, 0.3) is 0 Å². The first kappa shape index (κ1) is 16.8. The fourth-order valence-corrected chi connectivity index (χ4v) is 4.69. The third kappa shape index (κ3) is 4.20. The molecule has 0 amide bonds. The zero-order chi connectivity index (χ0) is 15.6. The zero-order valence-corrected chi connectivity index (χ0v) is 14.9. The summed E-state index contributed by atoms with van der Waals surface area (Å²) in [5.41, 5.74) is 1.97. The molecule has 21 heavy (non-hydrogen) atoms. The number of halogens is 3. The minimum absolute atomic E-state index is 0.0748. The maximum Gasteiger partial charge on any atom is 0.243 e. The fourth-order valence-electron chi connectivity index (χ4n) is 1.74. The lowest BCUT2D eigenvalue weighted by atomic mass is 10.2. The number of hydrogen-bond donors (Lipinski definition) is 1. The molecular formula is C14H12BrCl2NO2S. The molecule has 0 aliphatic rings. The molecule has 0 aliphatic heterocycles. The van der Waals surface area contributed by atoms with Crippen molar-refractivity contribution in [3.8, 4) is 0 Å². The predicted octanol–water partition coefficient (Wildman–Crippen LogP) is 4.54. The van der Waals surface area contributed by atoms with Crippen LogP contribution < -0.4 is 4.72 Å². The second kappa shape index (κ2) is 6.67. The van der Waals surface area contributed by atoms with Gasteiger partial charge in [0.1, 0.15) is 4.90 Å². The van der Waals surface area contributed by atoms with Crippen LogP contribution >= 0.6 is 39.1 Å². The van der Waals surface area contributed by atoms with Gasteiger partial charge in [0.05, 0.1) is 10.0 Å². The highest BCUT2D eigenvalue weighted by Crippen LogP contribution is 2.32. The molecule has 0 bridgehead atoms. The molecule has 0 heterocycles. The summed E-state index contributed by atoms with van der Waals surface area (Å²) in [4.78, 5) is -0.110. The molecule has 0 aromatic heterocycles. The number of benzene rings is 2. The molecule has 0 saturated carbocycles. The molecule has 1 N–H and O–H groups in total. The molecule has 0 unspecified atom stereocenters. The Bertz CT molecular complexity index is 738. The monoisotopic (exact) mass is 407 g/mol. The standard InChI is InChI=1S/C14H12BrCl2NO2S/c1-9-2-4-10(5-3-9)8-18-21(19,20)14-12(16)6-11(15)7-13(14)17/h2-7,18H,8H2,1H3. The first-order valence-corrected chi connectivity index (χ1v) is 9.02. The number of nitrogens with one attached hydrogen (secondary N) is 1. The van der Waals surface area contributed by atoms with Gasteiger partial charge in [0.2, 0.25) is 10.0 Å². The maximum absolute atomic E-state index is 12.3. The predicted molar refractivity (Wildman–Crippen MR) is 89.4 cm³/mol. The van der Waals surface area contributed by atoms with Crippen molar-refractivity contribution in [2.24, 2.45) is 0 Å². The van der Waals surface area contributed by atoms with Crippen LogP contribution in [0.15, 0.2) is 45.8 Å². The summed E-state index contributed by atoms with van der Waals surface area (Å²) < 4.78 is 27.8. The molecule has 0 aliphatic carbocycles. The summed E-state index contributed by atoms with van der Waals surface area (Å²) in [5.74, 6) is 0. The lowest BCUT2D eigenvalue weighted by Crippen LogP contribution is -2.24. The number of hydrogen-bond acceptors (Lipinski definition) is 2. The topological polar surface area (TPSA) is 46.2 Å². The molecule has 2 rings (SSSR count). The van der Waals surface area contributed by atoms with E-state index in [4.69, 9.17) is 23.2 Å². The third-order valence-electron chi connectivity index (χ3n) is 2.82. The van der Waals surface area contributed by atoms with Crippen molar-refractivity contribution in [3.63, 3.8) is 0 Å².